The molecule has 2 aromatic rings. The van der Waals surface area contributed by atoms with Crippen LogP contribution in [0.25, 0.3) is 0 Å². The van der Waals surface area contributed by atoms with Crippen molar-refractivity contribution in [2.45, 2.75) is 25.8 Å². The van der Waals surface area contributed by atoms with E-state index in [0.717, 1.165) is 50.3 Å². The molecule has 1 fully saturated rings. The molecule has 0 bridgehead atoms. The first-order chi connectivity index (χ1) is 12.1. The highest BCUT2D eigenvalue weighted by atomic mass is 16.2. The van der Waals surface area contributed by atoms with E-state index in [1.165, 1.54) is 0 Å². The second-order valence-corrected chi connectivity index (χ2v) is 6.79. The predicted molar refractivity (Wildman–Crippen MR) is 93.8 cm³/mol. The second-order valence-electron chi connectivity index (χ2n) is 6.79. The van der Waals surface area contributed by atoms with Gasteiger partial charge in [0.15, 0.2) is 5.69 Å². The number of carbonyl (C=O) groups is 1. The molecule has 1 aliphatic heterocycles. The molecular weight excluding hydrogens is 316 g/mol. The molecule has 0 atom stereocenters. The zero-order valence-electron chi connectivity index (χ0n) is 14.8. The first-order valence-corrected chi connectivity index (χ1v) is 8.63. The molecule has 2 aromatic heterocycles. The molecular formula is C18H24N6O. The van der Waals surface area contributed by atoms with Gasteiger partial charge in [-0.25, -0.2) is 0 Å². The number of rotatable bonds is 5. The molecule has 0 unspecified atom stereocenters. The summed E-state index contributed by atoms with van der Waals surface area (Å²) in [6.45, 7) is 2.31. The van der Waals surface area contributed by atoms with Crippen molar-refractivity contribution in [3.8, 4) is 0 Å². The van der Waals surface area contributed by atoms with Crippen molar-refractivity contribution in [2.24, 2.45) is 5.92 Å². The van der Waals surface area contributed by atoms with Crippen LogP contribution >= 0.6 is 0 Å². The Morgan fingerprint density at radius 2 is 1.92 bits per heavy atom. The normalized spacial score (nSPS) is 15.6. The van der Waals surface area contributed by atoms with Crippen molar-refractivity contribution in [3.05, 3.63) is 47.8 Å². The monoisotopic (exact) mass is 340 g/mol. The van der Waals surface area contributed by atoms with Crippen LogP contribution < -0.4 is 0 Å². The van der Waals surface area contributed by atoms with E-state index in [4.69, 9.17) is 0 Å². The zero-order valence-corrected chi connectivity index (χ0v) is 14.8. The van der Waals surface area contributed by atoms with Crippen molar-refractivity contribution in [1.29, 1.82) is 0 Å². The SMILES string of the molecule is CN(C)Cc1cnc(CC2CCN(C(=O)c3cccnn3)CC2)cn1. The molecule has 132 valence electrons. The summed E-state index contributed by atoms with van der Waals surface area (Å²) in [4.78, 5) is 25.4. The highest BCUT2D eigenvalue weighted by Gasteiger charge is 2.24. The van der Waals surface area contributed by atoms with E-state index in [1.54, 1.807) is 18.3 Å². The average Bonchev–Trinajstić information content (AvgIpc) is 2.64. The molecule has 0 saturated carbocycles. The number of carbonyl (C=O) groups excluding carboxylic acids is 1. The quantitative estimate of drug-likeness (QED) is 0.819. The van der Waals surface area contributed by atoms with Gasteiger partial charge in [0.1, 0.15) is 0 Å². The lowest BCUT2D eigenvalue weighted by Gasteiger charge is -2.31. The number of piperidine rings is 1. The Bertz CT molecular complexity index is 680. The van der Waals surface area contributed by atoms with Crippen molar-refractivity contribution in [3.63, 3.8) is 0 Å². The predicted octanol–water partition coefficient (Wildman–Crippen LogP) is 1.42. The van der Waals surface area contributed by atoms with E-state index in [9.17, 15) is 4.79 Å². The van der Waals surface area contributed by atoms with Gasteiger partial charge in [-0.15, -0.1) is 5.10 Å². The fourth-order valence-electron chi connectivity index (χ4n) is 3.11. The van der Waals surface area contributed by atoms with Crippen molar-refractivity contribution in [1.82, 2.24) is 30.0 Å². The van der Waals surface area contributed by atoms with Crippen LogP contribution in [-0.4, -0.2) is 63.1 Å². The van der Waals surface area contributed by atoms with Crippen LogP contribution in [0.5, 0.6) is 0 Å². The van der Waals surface area contributed by atoms with Crippen molar-refractivity contribution >= 4 is 5.91 Å². The molecule has 0 aliphatic carbocycles. The second kappa shape index (κ2) is 8.11. The summed E-state index contributed by atoms with van der Waals surface area (Å²) in [5.74, 6) is 0.513. The standard InChI is InChI=1S/C18H24N6O/c1-23(2)13-16-12-19-15(11-20-16)10-14-5-8-24(9-6-14)18(25)17-4-3-7-21-22-17/h3-4,7,11-12,14H,5-6,8-10,13H2,1-2H3. The zero-order chi connectivity index (χ0) is 17.6. The van der Waals surface area contributed by atoms with Gasteiger partial charge in [-0.1, -0.05) is 0 Å². The van der Waals surface area contributed by atoms with Crippen LogP contribution in [-0.2, 0) is 13.0 Å². The maximum absolute atomic E-state index is 12.4. The molecule has 3 rings (SSSR count). The Balaban J connectivity index is 1.50. The lowest BCUT2D eigenvalue weighted by atomic mass is 9.92. The van der Waals surface area contributed by atoms with Gasteiger partial charge in [0, 0.05) is 32.0 Å². The number of likely N-dealkylation sites (tertiary alicyclic amines) is 1. The van der Waals surface area contributed by atoms with Gasteiger partial charge in [0.05, 0.1) is 17.6 Å². The van der Waals surface area contributed by atoms with Gasteiger partial charge in [0.2, 0.25) is 0 Å². The van der Waals surface area contributed by atoms with Crippen LogP contribution in [0.15, 0.2) is 30.7 Å². The highest BCUT2D eigenvalue weighted by molar-refractivity contribution is 5.92. The molecule has 25 heavy (non-hydrogen) atoms. The van der Waals surface area contributed by atoms with Crippen molar-refractivity contribution < 1.29 is 4.79 Å². The third-order valence-electron chi connectivity index (χ3n) is 4.43. The van der Waals surface area contributed by atoms with Crippen LogP contribution in [0.2, 0.25) is 0 Å². The molecule has 0 N–H and O–H groups in total. The largest absolute Gasteiger partial charge is 0.337 e. The third kappa shape index (κ3) is 4.79. The minimum absolute atomic E-state index is 0.0284. The van der Waals surface area contributed by atoms with E-state index in [-0.39, 0.29) is 5.91 Å². The molecule has 7 heteroatoms. The molecule has 1 amide bonds. The fraction of sp³-hybridized carbons (Fsp3) is 0.500. The maximum atomic E-state index is 12.4. The minimum Gasteiger partial charge on any atom is -0.337 e. The summed E-state index contributed by atoms with van der Waals surface area (Å²) in [6.07, 6.45) is 8.20. The van der Waals surface area contributed by atoms with E-state index >= 15 is 0 Å². The van der Waals surface area contributed by atoms with Gasteiger partial charge < -0.3 is 9.80 Å². The molecule has 0 radical (unpaired) electrons. The van der Waals surface area contributed by atoms with Crippen LogP contribution in [0.3, 0.4) is 0 Å². The molecule has 3 heterocycles. The first-order valence-electron chi connectivity index (χ1n) is 8.63. The van der Waals surface area contributed by atoms with Gasteiger partial charge in [-0.3, -0.25) is 14.8 Å². The summed E-state index contributed by atoms with van der Waals surface area (Å²) >= 11 is 0. The number of amides is 1. The molecule has 1 saturated heterocycles. The van der Waals surface area contributed by atoms with Crippen LogP contribution in [0.4, 0.5) is 0 Å². The third-order valence-corrected chi connectivity index (χ3v) is 4.43. The van der Waals surface area contributed by atoms with Crippen LogP contribution in [0.1, 0.15) is 34.7 Å². The first kappa shape index (κ1) is 17.4. The molecule has 0 spiro atoms. The summed E-state index contributed by atoms with van der Waals surface area (Å²) in [6, 6.07) is 3.46. The topological polar surface area (TPSA) is 75.1 Å². The number of hydrogen-bond donors (Lipinski definition) is 0. The van der Waals surface area contributed by atoms with Crippen LogP contribution in [0, 0.1) is 5.92 Å². The fourth-order valence-corrected chi connectivity index (χ4v) is 3.11. The lowest BCUT2D eigenvalue weighted by Crippen LogP contribution is -2.39. The van der Waals surface area contributed by atoms with Gasteiger partial charge in [-0.05, 0) is 51.4 Å². The Morgan fingerprint density at radius 3 is 2.52 bits per heavy atom. The van der Waals surface area contributed by atoms with E-state index in [1.807, 2.05) is 31.4 Å². The molecule has 7 nitrogen and oxygen atoms in total. The number of nitrogens with zero attached hydrogens (tertiary/aromatic N) is 6. The Hall–Kier alpha value is -2.41. The summed E-state index contributed by atoms with van der Waals surface area (Å²) < 4.78 is 0. The number of aromatic nitrogens is 4. The van der Waals surface area contributed by atoms with Crippen molar-refractivity contribution in [2.75, 3.05) is 27.2 Å². The lowest BCUT2D eigenvalue weighted by molar-refractivity contribution is 0.0683. The van der Waals surface area contributed by atoms with E-state index in [0.29, 0.717) is 11.6 Å². The summed E-state index contributed by atoms with van der Waals surface area (Å²) in [5, 5.41) is 7.69. The average molecular weight is 340 g/mol. The van der Waals surface area contributed by atoms with Gasteiger partial charge >= 0.3 is 0 Å². The Morgan fingerprint density at radius 1 is 1.20 bits per heavy atom. The van der Waals surface area contributed by atoms with E-state index < -0.39 is 0 Å². The Kier molecular flexibility index (Phi) is 5.65. The van der Waals surface area contributed by atoms with E-state index in [2.05, 4.69) is 25.1 Å². The summed E-state index contributed by atoms with van der Waals surface area (Å²) in [7, 11) is 4.04. The maximum Gasteiger partial charge on any atom is 0.274 e. The summed E-state index contributed by atoms with van der Waals surface area (Å²) in [5.41, 5.74) is 2.43. The molecule has 1 aliphatic rings. The molecule has 0 aromatic carbocycles. The van der Waals surface area contributed by atoms with Gasteiger partial charge in [0.25, 0.3) is 5.91 Å². The number of hydrogen-bond acceptors (Lipinski definition) is 6. The minimum atomic E-state index is -0.0284. The van der Waals surface area contributed by atoms with Gasteiger partial charge in [-0.2, -0.15) is 5.10 Å². The smallest absolute Gasteiger partial charge is 0.274 e. The highest BCUT2D eigenvalue weighted by Crippen LogP contribution is 2.21. The Labute approximate surface area is 148 Å².